The Morgan fingerprint density at radius 1 is 0.442 bits per heavy atom. The molecule has 0 amide bonds. The van der Waals surface area contributed by atoms with Crippen molar-refractivity contribution in [3.05, 3.63) is 175 Å². The van der Waals surface area contributed by atoms with Gasteiger partial charge in [0.05, 0.1) is 34.1 Å². The Morgan fingerprint density at radius 2 is 1.12 bits per heavy atom. The molecule has 0 spiro atoms. The largest absolute Gasteiger partial charge is 0.456 e. The van der Waals surface area contributed by atoms with Gasteiger partial charge < -0.3 is 8.98 Å². The topological polar surface area (TPSA) is 67.6 Å². The van der Waals surface area contributed by atoms with Gasteiger partial charge in [0.25, 0.3) is 0 Å². The summed E-state index contributed by atoms with van der Waals surface area (Å²) in [4.78, 5) is 10.2. The average molecular weight is 665 g/mol. The van der Waals surface area contributed by atoms with Gasteiger partial charge in [-0.2, -0.15) is 5.26 Å². The Hall–Kier alpha value is -7.29. The number of benzene rings is 7. The summed E-state index contributed by atoms with van der Waals surface area (Å²) in [5.74, 6) is 0.654. The van der Waals surface area contributed by atoms with Crippen molar-refractivity contribution < 1.29 is 4.42 Å². The van der Waals surface area contributed by atoms with Crippen LogP contribution in [0.3, 0.4) is 0 Å². The normalized spacial score (nSPS) is 11.4. The highest BCUT2D eigenvalue weighted by atomic mass is 16.3. The summed E-state index contributed by atoms with van der Waals surface area (Å²) < 4.78 is 8.68. The van der Waals surface area contributed by atoms with Crippen molar-refractivity contribution in [2.75, 3.05) is 0 Å². The third kappa shape index (κ3) is 4.93. The quantitative estimate of drug-likeness (QED) is 0.184. The van der Waals surface area contributed by atoms with E-state index in [2.05, 4.69) is 102 Å². The van der Waals surface area contributed by atoms with Crippen LogP contribution in [-0.2, 0) is 0 Å². The molecule has 0 saturated carbocycles. The van der Waals surface area contributed by atoms with Crippen LogP contribution in [0.4, 0.5) is 0 Å². The predicted octanol–water partition coefficient (Wildman–Crippen LogP) is 12.0. The molecule has 0 saturated heterocycles. The molecule has 0 aliphatic carbocycles. The maximum atomic E-state index is 9.83. The zero-order valence-corrected chi connectivity index (χ0v) is 27.9. The lowest BCUT2D eigenvalue weighted by atomic mass is 9.98. The molecule has 0 N–H and O–H groups in total. The van der Waals surface area contributed by atoms with Crippen molar-refractivity contribution in [3.8, 4) is 56.8 Å². The van der Waals surface area contributed by atoms with E-state index in [0.717, 1.165) is 88.6 Å². The fourth-order valence-corrected chi connectivity index (χ4v) is 7.36. The van der Waals surface area contributed by atoms with E-state index in [4.69, 9.17) is 14.4 Å². The monoisotopic (exact) mass is 664 g/mol. The molecule has 0 radical (unpaired) electrons. The van der Waals surface area contributed by atoms with Crippen LogP contribution in [0.2, 0.25) is 0 Å². The summed E-state index contributed by atoms with van der Waals surface area (Å²) in [7, 11) is 0. The summed E-state index contributed by atoms with van der Waals surface area (Å²) in [6.45, 7) is 0. The highest BCUT2D eigenvalue weighted by molar-refractivity contribution is 6.17. The summed E-state index contributed by atoms with van der Waals surface area (Å²) >= 11 is 0. The summed E-state index contributed by atoms with van der Waals surface area (Å²) in [5, 5.41) is 14.2. The number of hydrogen-bond donors (Lipinski definition) is 0. The lowest BCUT2D eigenvalue weighted by molar-refractivity contribution is 0.669. The van der Waals surface area contributed by atoms with E-state index in [9.17, 15) is 5.26 Å². The van der Waals surface area contributed by atoms with Gasteiger partial charge in [-0.3, -0.25) is 0 Å². The molecule has 0 aliphatic rings. The van der Waals surface area contributed by atoms with Crippen molar-refractivity contribution >= 4 is 43.7 Å². The number of nitriles is 1. The van der Waals surface area contributed by atoms with Crippen molar-refractivity contribution in [3.63, 3.8) is 0 Å². The van der Waals surface area contributed by atoms with Gasteiger partial charge in [-0.1, -0.05) is 109 Å². The fourth-order valence-electron chi connectivity index (χ4n) is 7.36. The van der Waals surface area contributed by atoms with Crippen LogP contribution < -0.4 is 0 Å². The van der Waals surface area contributed by atoms with Gasteiger partial charge in [0.15, 0.2) is 5.82 Å². The van der Waals surface area contributed by atoms with E-state index in [-0.39, 0.29) is 0 Å². The lowest BCUT2D eigenvalue weighted by Crippen LogP contribution is -1.99. The Balaban J connectivity index is 1.28. The molecule has 242 valence electrons. The van der Waals surface area contributed by atoms with Crippen LogP contribution in [0.5, 0.6) is 0 Å². The van der Waals surface area contributed by atoms with Crippen LogP contribution in [0.1, 0.15) is 5.56 Å². The van der Waals surface area contributed by atoms with Gasteiger partial charge in [0, 0.05) is 43.9 Å². The lowest BCUT2D eigenvalue weighted by Gasteiger charge is -2.15. The molecule has 10 aromatic rings. The molecule has 5 heteroatoms. The van der Waals surface area contributed by atoms with E-state index in [1.165, 1.54) is 0 Å². The number of nitrogens with zero attached hydrogens (tertiary/aromatic N) is 4. The first-order valence-corrected chi connectivity index (χ1v) is 17.2. The summed E-state index contributed by atoms with van der Waals surface area (Å²) in [6, 6.07) is 60.2. The van der Waals surface area contributed by atoms with Gasteiger partial charge >= 0.3 is 0 Å². The molecule has 3 heterocycles. The van der Waals surface area contributed by atoms with Gasteiger partial charge in [-0.05, 0) is 71.8 Å². The maximum absolute atomic E-state index is 9.83. The van der Waals surface area contributed by atoms with Gasteiger partial charge in [0.1, 0.15) is 11.2 Å². The van der Waals surface area contributed by atoms with Crippen molar-refractivity contribution in [1.82, 2.24) is 14.5 Å². The summed E-state index contributed by atoms with van der Waals surface area (Å²) in [5.41, 5.74) is 11.9. The second-order valence-corrected chi connectivity index (χ2v) is 13.0. The molecule has 0 unspecified atom stereocenters. The summed E-state index contributed by atoms with van der Waals surface area (Å²) in [6.07, 6.45) is 0. The number of fused-ring (bicyclic) bond motifs is 6. The van der Waals surface area contributed by atoms with Crippen LogP contribution >= 0.6 is 0 Å². The molecular formula is C47H28N4O. The second kappa shape index (κ2) is 11.9. The van der Waals surface area contributed by atoms with Gasteiger partial charge in [0.2, 0.25) is 0 Å². The highest BCUT2D eigenvalue weighted by Crippen LogP contribution is 2.40. The van der Waals surface area contributed by atoms with Gasteiger partial charge in [-0.15, -0.1) is 0 Å². The molecule has 0 aliphatic heterocycles. The SMILES string of the molecule is N#Cc1cccc(-c2cc(-c3cc(-c4ccccc4)nc(-c4ccccc4)n3)cc(-n3c4ccccc4c4cc5oc6ccccc6c5cc43)c2)c1. The first-order valence-electron chi connectivity index (χ1n) is 17.2. The zero-order valence-electron chi connectivity index (χ0n) is 27.9. The van der Waals surface area contributed by atoms with Crippen LogP contribution in [-0.4, -0.2) is 14.5 Å². The van der Waals surface area contributed by atoms with Gasteiger partial charge in [-0.25, -0.2) is 9.97 Å². The highest BCUT2D eigenvalue weighted by Gasteiger charge is 2.19. The molecule has 0 bridgehead atoms. The van der Waals surface area contributed by atoms with E-state index in [0.29, 0.717) is 11.4 Å². The number of aromatic nitrogens is 3. The Labute approximate surface area is 299 Å². The molecule has 0 atom stereocenters. The van der Waals surface area contributed by atoms with E-state index in [1.54, 1.807) is 0 Å². The number of hydrogen-bond acceptors (Lipinski definition) is 4. The third-order valence-corrected chi connectivity index (χ3v) is 9.80. The molecular weight excluding hydrogens is 637 g/mol. The van der Waals surface area contributed by atoms with Crippen LogP contribution in [0.25, 0.3) is 94.5 Å². The minimum Gasteiger partial charge on any atom is -0.456 e. The standard InChI is InChI=1S/C47H28N4O/c48-29-30-12-11-17-33(22-30)34-23-35(42-28-41(31-13-3-1-4-14-31)49-47(50-42)32-15-5-2-6-16-32)25-36(24-34)51-43-20-9-7-18-37(43)39-27-46-40(26-44(39)51)38-19-8-10-21-45(38)52-46/h1-28H. The molecule has 10 rings (SSSR count). The van der Waals surface area contributed by atoms with Crippen LogP contribution in [0, 0.1) is 11.3 Å². The van der Waals surface area contributed by atoms with E-state index < -0.39 is 0 Å². The minimum atomic E-state index is 0.607. The average Bonchev–Trinajstić information content (AvgIpc) is 3.75. The van der Waals surface area contributed by atoms with Crippen molar-refractivity contribution in [2.45, 2.75) is 0 Å². The molecule has 0 fully saturated rings. The van der Waals surface area contributed by atoms with Crippen molar-refractivity contribution in [2.24, 2.45) is 0 Å². The van der Waals surface area contributed by atoms with Crippen molar-refractivity contribution in [1.29, 1.82) is 5.26 Å². The Kier molecular flexibility index (Phi) is 6.80. The molecule has 52 heavy (non-hydrogen) atoms. The third-order valence-electron chi connectivity index (χ3n) is 9.80. The predicted molar refractivity (Wildman–Crippen MR) is 210 cm³/mol. The maximum Gasteiger partial charge on any atom is 0.160 e. The Morgan fingerprint density at radius 3 is 1.92 bits per heavy atom. The molecule has 7 aromatic carbocycles. The van der Waals surface area contributed by atoms with E-state index in [1.807, 2.05) is 78.9 Å². The van der Waals surface area contributed by atoms with Crippen LogP contribution in [0.15, 0.2) is 174 Å². The Bertz CT molecular complexity index is 2970. The smallest absolute Gasteiger partial charge is 0.160 e. The molecule has 5 nitrogen and oxygen atoms in total. The fraction of sp³-hybridized carbons (Fsp3) is 0. The minimum absolute atomic E-state index is 0.607. The first kappa shape index (κ1) is 29.6. The number of furan rings is 1. The molecule has 3 aromatic heterocycles. The number of para-hydroxylation sites is 2. The first-order chi connectivity index (χ1) is 25.7. The second-order valence-electron chi connectivity index (χ2n) is 13.0. The van der Waals surface area contributed by atoms with E-state index >= 15 is 0 Å². The zero-order chi connectivity index (χ0) is 34.6. The number of rotatable bonds is 5.